The van der Waals surface area contributed by atoms with Gasteiger partial charge in [0.2, 0.25) is 0 Å². The van der Waals surface area contributed by atoms with Gasteiger partial charge in [-0.3, -0.25) is 4.99 Å². The molecule has 21 heavy (non-hydrogen) atoms. The summed E-state index contributed by atoms with van der Waals surface area (Å²) in [7, 11) is -0.416. The standard InChI is InChI=1S/C15H23BN2O3/c1-14(2)15(3,4)21-16(20-14)12-5-6-13(17)11(9-12)10-18-7-8-19/h5-6,9-10,19H,7-8,17H2,1-4H3. The van der Waals surface area contributed by atoms with E-state index < -0.39 is 7.12 Å². The van der Waals surface area contributed by atoms with E-state index in [1.807, 2.05) is 45.9 Å². The van der Waals surface area contributed by atoms with Crippen LogP contribution in [0.2, 0.25) is 0 Å². The van der Waals surface area contributed by atoms with E-state index in [1.165, 1.54) is 0 Å². The maximum Gasteiger partial charge on any atom is 0.494 e. The Morgan fingerprint density at radius 2 is 1.86 bits per heavy atom. The summed E-state index contributed by atoms with van der Waals surface area (Å²) in [5.74, 6) is 0. The van der Waals surface area contributed by atoms with Crippen molar-refractivity contribution in [1.29, 1.82) is 0 Å². The molecule has 1 saturated heterocycles. The highest BCUT2D eigenvalue weighted by Crippen LogP contribution is 2.36. The van der Waals surface area contributed by atoms with Crippen LogP contribution in [0.15, 0.2) is 23.2 Å². The number of nitrogens with two attached hydrogens (primary N) is 1. The van der Waals surface area contributed by atoms with Crippen molar-refractivity contribution in [3.05, 3.63) is 23.8 Å². The molecule has 0 amide bonds. The molecule has 1 aromatic carbocycles. The Kier molecular flexibility index (Phi) is 4.42. The molecule has 1 aliphatic rings. The zero-order valence-corrected chi connectivity index (χ0v) is 13.1. The molecule has 2 rings (SSSR count). The van der Waals surface area contributed by atoms with Crippen molar-refractivity contribution in [3.63, 3.8) is 0 Å². The zero-order valence-electron chi connectivity index (χ0n) is 13.1. The highest BCUT2D eigenvalue weighted by Gasteiger charge is 2.51. The summed E-state index contributed by atoms with van der Waals surface area (Å²) in [4.78, 5) is 4.11. The average Bonchev–Trinajstić information content (AvgIpc) is 2.61. The van der Waals surface area contributed by atoms with Crippen LogP contribution in [0.5, 0.6) is 0 Å². The van der Waals surface area contributed by atoms with E-state index in [4.69, 9.17) is 20.1 Å². The largest absolute Gasteiger partial charge is 0.494 e. The molecule has 0 bridgehead atoms. The van der Waals surface area contributed by atoms with E-state index in [2.05, 4.69) is 4.99 Å². The number of anilines is 1. The number of hydrogen-bond donors (Lipinski definition) is 2. The third-order valence-corrected chi connectivity index (χ3v) is 4.10. The second-order valence-electron chi connectivity index (χ2n) is 6.24. The predicted molar refractivity (Wildman–Crippen MR) is 86.1 cm³/mol. The van der Waals surface area contributed by atoms with Gasteiger partial charge < -0.3 is 20.1 Å². The van der Waals surface area contributed by atoms with Gasteiger partial charge in [0, 0.05) is 17.5 Å². The summed E-state index contributed by atoms with van der Waals surface area (Å²) in [6.07, 6.45) is 1.67. The van der Waals surface area contributed by atoms with Gasteiger partial charge in [-0.25, -0.2) is 0 Å². The number of aliphatic hydroxyl groups excluding tert-OH is 1. The van der Waals surface area contributed by atoms with Crippen molar-refractivity contribution < 1.29 is 14.4 Å². The van der Waals surface area contributed by atoms with Crippen molar-refractivity contribution in [2.24, 2.45) is 4.99 Å². The van der Waals surface area contributed by atoms with Crippen LogP contribution >= 0.6 is 0 Å². The lowest BCUT2D eigenvalue weighted by Gasteiger charge is -2.32. The van der Waals surface area contributed by atoms with Gasteiger partial charge in [0.1, 0.15) is 0 Å². The van der Waals surface area contributed by atoms with Crippen LogP contribution in [0.1, 0.15) is 33.3 Å². The lowest BCUT2D eigenvalue weighted by Crippen LogP contribution is -2.41. The fourth-order valence-corrected chi connectivity index (χ4v) is 2.05. The molecule has 0 saturated carbocycles. The topological polar surface area (TPSA) is 77.1 Å². The first-order valence-corrected chi connectivity index (χ1v) is 7.12. The van der Waals surface area contributed by atoms with Gasteiger partial charge in [-0.1, -0.05) is 12.1 Å². The second-order valence-corrected chi connectivity index (χ2v) is 6.24. The maximum atomic E-state index is 8.77. The Balaban J connectivity index is 2.24. The lowest BCUT2D eigenvalue weighted by atomic mass is 9.78. The highest BCUT2D eigenvalue weighted by atomic mass is 16.7. The van der Waals surface area contributed by atoms with Gasteiger partial charge >= 0.3 is 7.12 Å². The molecule has 0 radical (unpaired) electrons. The van der Waals surface area contributed by atoms with Crippen molar-refractivity contribution in [3.8, 4) is 0 Å². The molecule has 1 heterocycles. The molecule has 114 valence electrons. The van der Waals surface area contributed by atoms with Crippen LogP contribution in [0.4, 0.5) is 5.69 Å². The quantitative estimate of drug-likeness (QED) is 0.492. The normalized spacial score (nSPS) is 20.3. The summed E-state index contributed by atoms with van der Waals surface area (Å²) in [6.45, 7) is 8.47. The van der Waals surface area contributed by atoms with Crippen LogP contribution in [-0.4, -0.2) is 42.8 Å². The molecule has 0 aliphatic carbocycles. The van der Waals surface area contributed by atoms with Gasteiger partial charge in [-0.2, -0.15) is 0 Å². The molecule has 6 heteroatoms. The number of aliphatic imine (C=N–C) groups is 1. The molecule has 0 atom stereocenters. The minimum atomic E-state index is -0.416. The van der Waals surface area contributed by atoms with Crippen LogP contribution in [0.25, 0.3) is 0 Å². The summed E-state index contributed by atoms with van der Waals surface area (Å²) in [6, 6.07) is 5.64. The molecule has 3 N–H and O–H groups in total. The van der Waals surface area contributed by atoms with Gasteiger partial charge in [-0.15, -0.1) is 0 Å². The van der Waals surface area contributed by atoms with Gasteiger partial charge in [0.15, 0.2) is 0 Å². The number of rotatable bonds is 4. The number of benzene rings is 1. The third-order valence-electron chi connectivity index (χ3n) is 4.10. The monoisotopic (exact) mass is 290 g/mol. The van der Waals surface area contributed by atoms with Crippen LogP contribution in [-0.2, 0) is 9.31 Å². The predicted octanol–water partition coefficient (Wildman–Crippen LogP) is 0.979. The molecule has 0 spiro atoms. The Morgan fingerprint density at radius 1 is 1.24 bits per heavy atom. The molecule has 1 aromatic rings. The number of nitrogen functional groups attached to an aromatic ring is 1. The van der Waals surface area contributed by atoms with Crippen molar-refractivity contribution in [2.45, 2.75) is 38.9 Å². The first-order valence-electron chi connectivity index (χ1n) is 7.12. The fourth-order valence-electron chi connectivity index (χ4n) is 2.05. The van der Waals surface area contributed by atoms with E-state index in [-0.39, 0.29) is 17.8 Å². The molecule has 5 nitrogen and oxygen atoms in total. The van der Waals surface area contributed by atoms with Crippen LogP contribution in [0, 0.1) is 0 Å². The summed E-state index contributed by atoms with van der Waals surface area (Å²) < 4.78 is 12.0. The number of aliphatic hydroxyl groups is 1. The summed E-state index contributed by atoms with van der Waals surface area (Å²) >= 11 is 0. The Bertz CT molecular complexity index is 528. The molecule has 1 fully saturated rings. The Labute approximate surface area is 126 Å². The molecule has 1 aliphatic heterocycles. The van der Waals surface area contributed by atoms with Gasteiger partial charge in [0.05, 0.1) is 24.4 Å². The average molecular weight is 290 g/mol. The van der Waals surface area contributed by atoms with E-state index in [9.17, 15) is 0 Å². The fraction of sp³-hybridized carbons (Fsp3) is 0.533. The van der Waals surface area contributed by atoms with E-state index >= 15 is 0 Å². The highest BCUT2D eigenvalue weighted by molar-refractivity contribution is 6.62. The molecular formula is C15H23BN2O3. The SMILES string of the molecule is CC1(C)OB(c2ccc(N)c(C=NCCO)c2)OC1(C)C. The minimum Gasteiger partial charge on any atom is -0.399 e. The molecule has 0 aromatic heterocycles. The van der Waals surface area contributed by atoms with E-state index in [0.29, 0.717) is 12.2 Å². The molecular weight excluding hydrogens is 267 g/mol. The van der Waals surface area contributed by atoms with Crippen molar-refractivity contribution in [2.75, 3.05) is 18.9 Å². The Morgan fingerprint density at radius 3 is 2.43 bits per heavy atom. The first-order chi connectivity index (χ1) is 9.77. The lowest BCUT2D eigenvalue weighted by molar-refractivity contribution is 0.00578. The third kappa shape index (κ3) is 3.28. The smallest absolute Gasteiger partial charge is 0.399 e. The van der Waals surface area contributed by atoms with Crippen molar-refractivity contribution >= 4 is 24.5 Å². The van der Waals surface area contributed by atoms with E-state index in [0.717, 1.165) is 11.0 Å². The first kappa shape index (κ1) is 16.0. The number of nitrogens with zero attached hydrogens (tertiary/aromatic N) is 1. The Hall–Kier alpha value is -1.37. The summed E-state index contributed by atoms with van der Waals surface area (Å²) in [5, 5.41) is 8.77. The maximum absolute atomic E-state index is 8.77. The molecule has 0 unspecified atom stereocenters. The van der Waals surface area contributed by atoms with Gasteiger partial charge in [-0.05, 0) is 39.2 Å². The van der Waals surface area contributed by atoms with Crippen LogP contribution in [0.3, 0.4) is 0 Å². The second kappa shape index (κ2) is 5.79. The summed E-state index contributed by atoms with van der Waals surface area (Å²) in [5.41, 5.74) is 7.55. The zero-order chi connectivity index (χ0) is 15.7. The number of hydrogen-bond acceptors (Lipinski definition) is 5. The van der Waals surface area contributed by atoms with Gasteiger partial charge in [0.25, 0.3) is 0 Å². The van der Waals surface area contributed by atoms with Crippen LogP contribution < -0.4 is 11.2 Å². The van der Waals surface area contributed by atoms with Crippen molar-refractivity contribution in [1.82, 2.24) is 0 Å². The minimum absolute atomic E-state index is 0.0212. The van der Waals surface area contributed by atoms with E-state index in [1.54, 1.807) is 6.21 Å².